The van der Waals surface area contributed by atoms with Gasteiger partial charge in [-0.2, -0.15) is 0 Å². The highest BCUT2D eigenvalue weighted by Crippen LogP contribution is 2.09. The molecule has 1 atom stereocenters. The molecule has 0 radical (unpaired) electrons. The van der Waals surface area contributed by atoms with E-state index in [4.69, 9.17) is 4.74 Å². The molecule has 0 heterocycles. The largest absolute Gasteiger partial charge is 0.460 e. The average Bonchev–Trinajstić information content (AvgIpc) is 2.52. The first-order chi connectivity index (χ1) is 11.0. The Bertz CT molecular complexity index is 631. The zero-order valence-corrected chi connectivity index (χ0v) is 13.5. The number of benzene rings is 2. The fraction of sp³-hybridized carbons (Fsp3) is 0.278. The van der Waals surface area contributed by atoms with Crippen molar-refractivity contribution in [2.45, 2.75) is 32.8 Å². The summed E-state index contributed by atoms with van der Waals surface area (Å²) < 4.78 is 5.38. The van der Waals surface area contributed by atoms with Gasteiger partial charge >= 0.3 is 13.0 Å². The smallest absolute Gasteiger partial charge is 0.374 e. The number of nitrogens with one attached hydrogen (secondary N) is 1. The normalized spacial score (nSPS) is 11.8. The molecule has 120 valence electrons. The summed E-state index contributed by atoms with van der Waals surface area (Å²) in [5.74, 6) is -0.365. The van der Waals surface area contributed by atoms with Crippen LogP contribution in [0, 0.1) is 6.92 Å². The van der Waals surface area contributed by atoms with Crippen molar-refractivity contribution in [3.63, 3.8) is 0 Å². The molecule has 2 rings (SSSR count). The Morgan fingerprint density at radius 1 is 1.17 bits per heavy atom. The summed E-state index contributed by atoms with van der Waals surface area (Å²) in [4.78, 5) is 12.3. The van der Waals surface area contributed by atoms with Gasteiger partial charge in [-0.15, -0.1) is 0 Å². The van der Waals surface area contributed by atoms with Crippen LogP contribution in [0.25, 0.3) is 0 Å². The fourth-order valence-corrected chi connectivity index (χ4v) is 2.41. The lowest BCUT2D eigenvalue weighted by atomic mass is 9.86. The van der Waals surface area contributed by atoms with E-state index in [0.717, 1.165) is 16.7 Å². The second-order valence-electron chi connectivity index (χ2n) is 5.68. The number of carbonyl (C=O) groups excluding carboxylic acids is 1. The highest BCUT2D eigenvalue weighted by Gasteiger charge is 2.23. The van der Waals surface area contributed by atoms with Crippen LogP contribution in [0.3, 0.4) is 0 Å². The Balaban J connectivity index is 2.00. The van der Waals surface area contributed by atoms with Gasteiger partial charge in [0.15, 0.2) is 0 Å². The van der Waals surface area contributed by atoms with Crippen molar-refractivity contribution in [2.24, 2.45) is 0 Å². The molecule has 5 heteroatoms. The average molecular weight is 311 g/mol. The third-order valence-electron chi connectivity index (χ3n) is 3.47. The Hall–Kier alpha value is -2.11. The minimum atomic E-state index is -0.783. The minimum Gasteiger partial charge on any atom is -0.460 e. The zero-order valence-electron chi connectivity index (χ0n) is 13.5. The fourth-order valence-electron chi connectivity index (χ4n) is 2.41. The monoisotopic (exact) mass is 311 g/mol. The van der Waals surface area contributed by atoms with Gasteiger partial charge in [0.05, 0.1) is 0 Å². The topological polar surface area (TPSA) is 58.6 Å². The summed E-state index contributed by atoms with van der Waals surface area (Å²) in [6, 6.07) is 16.9. The number of aryl methyl sites for hydroxylation is 1. The summed E-state index contributed by atoms with van der Waals surface area (Å²) in [6.07, 6.45) is 0.472. The molecule has 0 aromatic heterocycles. The van der Waals surface area contributed by atoms with E-state index in [1.165, 1.54) is 0 Å². The van der Waals surface area contributed by atoms with E-state index < -0.39 is 13.1 Å². The van der Waals surface area contributed by atoms with E-state index in [1.54, 1.807) is 6.82 Å². The van der Waals surface area contributed by atoms with Gasteiger partial charge in [-0.1, -0.05) is 60.2 Å². The quantitative estimate of drug-likeness (QED) is 0.609. The lowest BCUT2D eigenvalue weighted by Crippen LogP contribution is -2.46. The van der Waals surface area contributed by atoms with Gasteiger partial charge in [0.1, 0.15) is 12.6 Å². The second-order valence-corrected chi connectivity index (χ2v) is 5.68. The van der Waals surface area contributed by atoms with Crippen molar-refractivity contribution < 1.29 is 14.6 Å². The van der Waals surface area contributed by atoms with Gasteiger partial charge in [0.2, 0.25) is 0 Å². The lowest BCUT2D eigenvalue weighted by molar-refractivity contribution is -0.147. The molecule has 2 aromatic rings. The summed E-state index contributed by atoms with van der Waals surface area (Å²) >= 11 is 0. The SMILES string of the molecule is CB(O)NC(Cc1cccc(C)c1)C(=O)OCc1ccccc1. The summed E-state index contributed by atoms with van der Waals surface area (Å²) in [5, 5.41) is 12.4. The van der Waals surface area contributed by atoms with Crippen LogP contribution in [0.4, 0.5) is 0 Å². The number of ether oxygens (including phenoxy) is 1. The molecule has 0 aliphatic rings. The molecule has 0 aliphatic heterocycles. The predicted molar refractivity (Wildman–Crippen MR) is 91.9 cm³/mol. The van der Waals surface area contributed by atoms with Crippen molar-refractivity contribution in [3.8, 4) is 0 Å². The van der Waals surface area contributed by atoms with Gasteiger partial charge in [-0.05, 0) is 31.3 Å². The number of hydrogen-bond acceptors (Lipinski definition) is 4. The van der Waals surface area contributed by atoms with Crippen LogP contribution in [0.5, 0.6) is 0 Å². The standard InChI is InChI=1S/C18H22BNO3/c1-14-7-6-10-16(11-14)12-17(20-19(2)22)18(21)23-13-15-8-4-3-5-9-15/h3-11,17,20,22H,12-13H2,1-2H3. The Labute approximate surface area is 137 Å². The van der Waals surface area contributed by atoms with Crippen LogP contribution < -0.4 is 5.23 Å². The first-order valence-electron chi connectivity index (χ1n) is 7.75. The van der Waals surface area contributed by atoms with Crippen molar-refractivity contribution >= 4 is 13.0 Å². The molecule has 4 nitrogen and oxygen atoms in total. The van der Waals surface area contributed by atoms with Gasteiger partial charge in [-0.25, -0.2) is 0 Å². The Morgan fingerprint density at radius 2 is 1.87 bits per heavy atom. The maximum absolute atomic E-state index is 12.3. The van der Waals surface area contributed by atoms with Crippen LogP contribution in [0.1, 0.15) is 16.7 Å². The van der Waals surface area contributed by atoms with E-state index >= 15 is 0 Å². The third kappa shape index (κ3) is 5.89. The van der Waals surface area contributed by atoms with Crippen molar-refractivity contribution in [3.05, 3.63) is 71.3 Å². The number of esters is 1. The third-order valence-corrected chi connectivity index (χ3v) is 3.47. The molecule has 0 amide bonds. The highest BCUT2D eigenvalue weighted by atomic mass is 16.5. The van der Waals surface area contributed by atoms with E-state index in [0.29, 0.717) is 6.42 Å². The molecular weight excluding hydrogens is 289 g/mol. The predicted octanol–water partition coefficient (Wildman–Crippen LogP) is 2.35. The van der Waals surface area contributed by atoms with Gasteiger partial charge in [0, 0.05) is 0 Å². The second kappa shape index (κ2) is 8.51. The number of rotatable bonds is 7. The first kappa shape index (κ1) is 17.3. The van der Waals surface area contributed by atoms with Crippen LogP contribution in [0.15, 0.2) is 54.6 Å². The van der Waals surface area contributed by atoms with Gasteiger partial charge in [-0.3, -0.25) is 4.79 Å². The summed E-state index contributed by atoms with van der Waals surface area (Å²) in [7, 11) is -0.783. The van der Waals surface area contributed by atoms with Gasteiger partial charge in [0.25, 0.3) is 0 Å². The van der Waals surface area contributed by atoms with E-state index in [9.17, 15) is 9.82 Å². The molecule has 0 saturated heterocycles. The lowest BCUT2D eigenvalue weighted by Gasteiger charge is -2.18. The molecule has 0 spiro atoms. The van der Waals surface area contributed by atoms with Gasteiger partial charge < -0.3 is 15.0 Å². The molecule has 0 fully saturated rings. The molecule has 2 aromatic carbocycles. The maximum atomic E-state index is 12.3. The van der Waals surface area contributed by atoms with Crippen molar-refractivity contribution in [2.75, 3.05) is 0 Å². The first-order valence-corrected chi connectivity index (χ1v) is 7.75. The summed E-state index contributed by atoms with van der Waals surface area (Å²) in [6.45, 7) is 3.83. The molecule has 0 aliphatic carbocycles. The zero-order chi connectivity index (χ0) is 16.7. The van der Waals surface area contributed by atoms with E-state index in [-0.39, 0.29) is 12.6 Å². The maximum Gasteiger partial charge on any atom is 0.374 e. The molecule has 0 saturated carbocycles. The van der Waals surface area contributed by atoms with Crippen molar-refractivity contribution in [1.29, 1.82) is 0 Å². The van der Waals surface area contributed by atoms with Crippen LogP contribution in [0.2, 0.25) is 6.82 Å². The van der Waals surface area contributed by atoms with E-state index in [2.05, 4.69) is 5.23 Å². The minimum absolute atomic E-state index is 0.228. The van der Waals surface area contributed by atoms with E-state index in [1.807, 2.05) is 61.5 Å². The van der Waals surface area contributed by atoms with Crippen LogP contribution in [-0.2, 0) is 22.6 Å². The molecular formula is C18H22BNO3. The summed E-state index contributed by atoms with van der Waals surface area (Å²) in [5.41, 5.74) is 3.10. The van der Waals surface area contributed by atoms with Crippen molar-refractivity contribution in [1.82, 2.24) is 5.23 Å². The number of carbonyl (C=O) groups is 1. The molecule has 1 unspecified atom stereocenters. The Kier molecular flexibility index (Phi) is 6.38. The Morgan fingerprint density at radius 3 is 2.52 bits per heavy atom. The molecule has 2 N–H and O–H groups in total. The van der Waals surface area contributed by atoms with Crippen LogP contribution in [-0.4, -0.2) is 24.1 Å². The number of hydrogen-bond donors (Lipinski definition) is 2. The highest BCUT2D eigenvalue weighted by molar-refractivity contribution is 6.46. The molecule has 0 bridgehead atoms. The van der Waals surface area contributed by atoms with Crippen LogP contribution >= 0.6 is 0 Å². The molecule has 23 heavy (non-hydrogen) atoms.